The van der Waals surface area contributed by atoms with E-state index in [-0.39, 0.29) is 5.56 Å². The number of aromatic nitrogens is 2. The summed E-state index contributed by atoms with van der Waals surface area (Å²) in [6.07, 6.45) is 5.80. The average Bonchev–Trinajstić information content (AvgIpc) is 2.29. The normalized spacial score (nSPS) is 10.4. The maximum absolute atomic E-state index is 11.2. The summed E-state index contributed by atoms with van der Waals surface area (Å²) in [5.41, 5.74) is -0.167. The molecule has 0 bridgehead atoms. The van der Waals surface area contributed by atoms with Crippen molar-refractivity contribution in [2.45, 2.75) is 25.7 Å². The van der Waals surface area contributed by atoms with E-state index < -0.39 is 0 Å². The number of hydrogen-bond donors (Lipinski definition) is 2. The summed E-state index contributed by atoms with van der Waals surface area (Å²) in [6, 6.07) is 0. The lowest BCUT2D eigenvalue weighted by Crippen LogP contribution is -2.12. The van der Waals surface area contributed by atoms with Gasteiger partial charge in [-0.05, 0) is 28.8 Å². The number of unbranched alkanes of at least 4 members (excludes halogenated alkanes) is 3. The van der Waals surface area contributed by atoms with Crippen LogP contribution < -0.4 is 10.9 Å². The highest BCUT2D eigenvalue weighted by Gasteiger charge is 2.03. The minimum atomic E-state index is -0.167. The van der Waals surface area contributed by atoms with Gasteiger partial charge in [0.25, 0.3) is 5.56 Å². The topological polar surface area (TPSA) is 57.8 Å². The van der Waals surface area contributed by atoms with Crippen molar-refractivity contribution in [1.82, 2.24) is 9.97 Å². The minimum Gasteiger partial charge on any atom is -0.369 e. The Kier molecular flexibility index (Phi) is 6.49. The van der Waals surface area contributed by atoms with Crippen molar-refractivity contribution in [3.05, 3.63) is 21.2 Å². The van der Waals surface area contributed by atoms with Crippen LogP contribution in [-0.4, -0.2) is 22.4 Å². The minimum absolute atomic E-state index is 0.167. The van der Waals surface area contributed by atoms with Crippen molar-refractivity contribution in [3.8, 4) is 0 Å². The maximum atomic E-state index is 11.2. The molecule has 0 unspecified atom stereocenters. The molecule has 0 amide bonds. The molecular weight excluding hydrogens is 293 g/mol. The van der Waals surface area contributed by atoms with Crippen molar-refractivity contribution in [3.63, 3.8) is 0 Å². The number of nitrogens with one attached hydrogen (secondary N) is 2. The van der Waals surface area contributed by atoms with Gasteiger partial charge in [0.2, 0.25) is 0 Å². The highest BCUT2D eigenvalue weighted by Crippen LogP contribution is 2.13. The van der Waals surface area contributed by atoms with Crippen LogP contribution in [0.5, 0.6) is 0 Å². The summed E-state index contributed by atoms with van der Waals surface area (Å²) < 4.78 is 0.454. The fraction of sp³-hybridized carbons (Fsp3) is 0.600. The van der Waals surface area contributed by atoms with Gasteiger partial charge < -0.3 is 10.3 Å². The summed E-state index contributed by atoms with van der Waals surface area (Å²) in [5.74, 6) is 1.33. The van der Waals surface area contributed by atoms with Crippen LogP contribution in [0.25, 0.3) is 0 Å². The Morgan fingerprint density at radius 3 is 2.88 bits per heavy atom. The van der Waals surface area contributed by atoms with E-state index >= 15 is 0 Å². The molecule has 0 aliphatic rings. The smallest absolute Gasteiger partial charge is 0.267 e. The van der Waals surface area contributed by atoms with Gasteiger partial charge in [-0.1, -0.05) is 12.8 Å². The molecule has 0 radical (unpaired) electrons. The largest absolute Gasteiger partial charge is 0.369 e. The van der Waals surface area contributed by atoms with Gasteiger partial charge in [0.1, 0.15) is 10.3 Å². The van der Waals surface area contributed by atoms with Gasteiger partial charge in [0, 0.05) is 12.4 Å². The molecule has 16 heavy (non-hydrogen) atoms. The number of H-pyrrole nitrogens is 1. The highest BCUT2D eigenvalue weighted by molar-refractivity contribution is 9.10. The van der Waals surface area contributed by atoms with E-state index in [2.05, 4.69) is 31.2 Å². The Balaban J connectivity index is 2.27. The zero-order chi connectivity index (χ0) is 11.8. The van der Waals surface area contributed by atoms with Gasteiger partial charge in [0.15, 0.2) is 0 Å². The lowest BCUT2D eigenvalue weighted by atomic mass is 10.2. The van der Waals surface area contributed by atoms with E-state index in [0.29, 0.717) is 10.3 Å². The number of hydrogen-bond acceptors (Lipinski definition) is 3. The van der Waals surface area contributed by atoms with Crippen LogP contribution in [0.1, 0.15) is 25.7 Å². The third kappa shape index (κ3) is 4.53. The molecule has 0 saturated carbocycles. The second-order valence-corrected chi connectivity index (χ2v) is 4.60. The third-order valence-electron chi connectivity index (χ3n) is 2.15. The SMILES string of the molecule is O=c1[nH]cnc(NCCCCCCCl)c1Br. The Hall–Kier alpha value is -0.550. The van der Waals surface area contributed by atoms with Gasteiger partial charge in [-0.2, -0.15) is 0 Å². The number of halogens is 2. The molecule has 0 aromatic carbocycles. The first-order valence-electron chi connectivity index (χ1n) is 5.28. The Bertz CT molecular complexity index is 369. The lowest BCUT2D eigenvalue weighted by Gasteiger charge is -2.05. The first kappa shape index (κ1) is 13.5. The predicted octanol–water partition coefficient (Wildman–Crippen LogP) is 2.74. The summed E-state index contributed by atoms with van der Waals surface area (Å²) in [7, 11) is 0. The molecule has 1 heterocycles. The molecule has 0 atom stereocenters. The number of alkyl halides is 1. The zero-order valence-electron chi connectivity index (χ0n) is 8.93. The Morgan fingerprint density at radius 2 is 2.12 bits per heavy atom. The van der Waals surface area contributed by atoms with Crippen LogP contribution in [0, 0.1) is 0 Å². The van der Waals surface area contributed by atoms with E-state index in [4.69, 9.17) is 11.6 Å². The summed E-state index contributed by atoms with van der Waals surface area (Å²) in [5, 5.41) is 3.12. The van der Waals surface area contributed by atoms with Crippen LogP contribution in [0.3, 0.4) is 0 Å². The molecule has 1 aromatic rings. The van der Waals surface area contributed by atoms with E-state index in [1.165, 1.54) is 6.33 Å². The number of nitrogens with zero attached hydrogens (tertiary/aromatic N) is 1. The zero-order valence-corrected chi connectivity index (χ0v) is 11.3. The van der Waals surface area contributed by atoms with Crippen LogP contribution >= 0.6 is 27.5 Å². The fourth-order valence-corrected chi connectivity index (χ4v) is 1.83. The third-order valence-corrected chi connectivity index (χ3v) is 3.15. The second-order valence-electron chi connectivity index (χ2n) is 3.42. The van der Waals surface area contributed by atoms with Crippen molar-refractivity contribution >= 4 is 33.3 Å². The average molecular weight is 309 g/mol. The molecule has 4 nitrogen and oxygen atoms in total. The molecule has 1 rings (SSSR count). The molecule has 0 fully saturated rings. The second kappa shape index (κ2) is 7.68. The van der Waals surface area contributed by atoms with E-state index in [9.17, 15) is 4.79 Å². The lowest BCUT2D eigenvalue weighted by molar-refractivity contribution is 0.686. The van der Waals surface area contributed by atoms with Crippen molar-refractivity contribution < 1.29 is 0 Å². The molecule has 0 spiro atoms. The van der Waals surface area contributed by atoms with Crippen LogP contribution in [0.4, 0.5) is 5.82 Å². The van der Waals surface area contributed by atoms with Gasteiger partial charge in [0.05, 0.1) is 6.33 Å². The molecule has 2 N–H and O–H groups in total. The highest BCUT2D eigenvalue weighted by atomic mass is 79.9. The first-order chi connectivity index (χ1) is 7.75. The molecule has 1 aromatic heterocycles. The predicted molar refractivity (Wildman–Crippen MR) is 70.2 cm³/mol. The van der Waals surface area contributed by atoms with Gasteiger partial charge in [-0.3, -0.25) is 4.79 Å². The van der Waals surface area contributed by atoms with Crippen molar-refractivity contribution in [1.29, 1.82) is 0 Å². The number of anilines is 1. The Morgan fingerprint density at radius 1 is 1.38 bits per heavy atom. The summed E-state index contributed by atoms with van der Waals surface area (Å²) >= 11 is 8.77. The summed E-state index contributed by atoms with van der Waals surface area (Å²) in [6.45, 7) is 0.817. The van der Waals surface area contributed by atoms with Crippen LogP contribution in [-0.2, 0) is 0 Å². The summed E-state index contributed by atoms with van der Waals surface area (Å²) in [4.78, 5) is 17.7. The standard InChI is InChI=1S/C10H15BrClN3O/c11-8-9(14-7-15-10(8)16)13-6-4-2-1-3-5-12/h7H,1-6H2,(H2,13,14,15,16). The Labute approximate surface area is 108 Å². The molecule has 90 valence electrons. The van der Waals surface area contributed by atoms with Crippen molar-refractivity contribution in [2.24, 2.45) is 0 Å². The van der Waals surface area contributed by atoms with Gasteiger partial charge in [-0.15, -0.1) is 11.6 Å². The maximum Gasteiger partial charge on any atom is 0.267 e. The molecule has 0 aliphatic carbocycles. The van der Waals surface area contributed by atoms with Gasteiger partial charge in [-0.25, -0.2) is 4.98 Å². The van der Waals surface area contributed by atoms with Crippen molar-refractivity contribution in [2.75, 3.05) is 17.7 Å². The van der Waals surface area contributed by atoms with E-state index in [1.54, 1.807) is 0 Å². The van der Waals surface area contributed by atoms with Crippen LogP contribution in [0.15, 0.2) is 15.6 Å². The molecule has 6 heteroatoms. The van der Waals surface area contributed by atoms with E-state index in [1.807, 2.05) is 0 Å². The number of aromatic amines is 1. The van der Waals surface area contributed by atoms with E-state index in [0.717, 1.165) is 38.1 Å². The number of rotatable bonds is 7. The first-order valence-corrected chi connectivity index (χ1v) is 6.61. The van der Waals surface area contributed by atoms with Gasteiger partial charge >= 0.3 is 0 Å². The molecular formula is C10H15BrClN3O. The van der Waals surface area contributed by atoms with Crippen LogP contribution in [0.2, 0.25) is 0 Å². The fourth-order valence-electron chi connectivity index (χ4n) is 1.29. The monoisotopic (exact) mass is 307 g/mol. The molecule has 0 aliphatic heterocycles. The molecule has 0 saturated heterocycles. The quantitative estimate of drug-likeness (QED) is 0.601.